The first-order chi connectivity index (χ1) is 9.29. The Kier molecular flexibility index (Phi) is 4.72. The minimum Gasteiger partial charge on any atom is -0.480 e. The van der Waals surface area contributed by atoms with Crippen LogP contribution in [0, 0.1) is 10.1 Å². The molecule has 1 heterocycles. The average molecular weight is 285 g/mol. The number of amides is 2. The van der Waals surface area contributed by atoms with E-state index in [9.17, 15) is 24.5 Å². The Bertz CT molecular complexity index is 553. The van der Waals surface area contributed by atoms with Gasteiger partial charge < -0.3 is 16.2 Å². The third-order valence-electron chi connectivity index (χ3n) is 2.17. The number of nitro groups is 1. The van der Waals surface area contributed by atoms with Gasteiger partial charge in [-0.2, -0.15) is 5.10 Å². The van der Waals surface area contributed by atoms with Gasteiger partial charge in [0.15, 0.2) is 0 Å². The molecule has 1 unspecified atom stereocenters. The van der Waals surface area contributed by atoms with E-state index < -0.39 is 41.7 Å². The molecule has 1 rings (SSSR count). The Morgan fingerprint density at radius 2 is 2.20 bits per heavy atom. The van der Waals surface area contributed by atoms with E-state index in [0.717, 1.165) is 17.1 Å². The zero-order valence-corrected chi connectivity index (χ0v) is 10.1. The summed E-state index contributed by atoms with van der Waals surface area (Å²) < 4.78 is 0.969. The van der Waals surface area contributed by atoms with Crippen LogP contribution in [0.15, 0.2) is 12.4 Å². The van der Waals surface area contributed by atoms with Gasteiger partial charge in [0, 0.05) is 0 Å². The molecule has 0 fully saturated rings. The lowest BCUT2D eigenvalue weighted by molar-refractivity contribution is -0.385. The highest BCUT2D eigenvalue weighted by molar-refractivity contribution is 5.88. The molecule has 0 aliphatic rings. The standard InChI is InChI=1S/C9H11N5O6/c10-7(15)1-6(9(17)18)12-8(16)4-13-3-5(2-11-13)14(19)20/h2-3,6H,1,4H2,(H2,10,15)(H,12,16)(H,17,18). The number of aliphatic carboxylic acids is 1. The number of carbonyl (C=O) groups is 3. The third kappa shape index (κ3) is 4.36. The van der Waals surface area contributed by atoms with Crippen LogP contribution in [0.3, 0.4) is 0 Å². The number of carboxylic acids is 1. The van der Waals surface area contributed by atoms with Gasteiger partial charge in [-0.15, -0.1) is 0 Å². The third-order valence-corrected chi connectivity index (χ3v) is 2.17. The minimum atomic E-state index is -1.45. The first-order valence-corrected chi connectivity index (χ1v) is 5.27. The summed E-state index contributed by atoms with van der Waals surface area (Å²) in [4.78, 5) is 42.7. The van der Waals surface area contributed by atoms with Crippen molar-refractivity contribution < 1.29 is 24.4 Å². The minimum absolute atomic E-state index is 0.301. The van der Waals surface area contributed by atoms with Crippen molar-refractivity contribution in [3.05, 3.63) is 22.5 Å². The quantitative estimate of drug-likeness (QED) is 0.393. The van der Waals surface area contributed by atoms with Crippen LogP contribution in [-0.2, 0) is 20.9 Å². The van der Waals surface area contributed by atoms with E-state index in [4.69, 9.17) is 10.8 Å². The summed E-state index contributed by atoms with van der Waals surface area (Å²) in [5, 5.41) is 24.8. The molecule has 108 valence electrons. The molecule has 20 heavy (non-hydrogen) atoms. The largest absolute Gasteiger partial charge is 0.480 e. The lowest BCUT2D eigenvalue weighted by atomic mass is 10.2. The second kappa shape index (κ2) is 6.26. The van der Waals surface area contributed by atoms with Crippen LogP contribution < -0.4 is 11.1 Å². The fourth-order valence-electron chi connectivity index (χ4n) is 1.32. The van der Waals surface area contributed by atoms with Gasteiger partial charge in [0.05, 0.1) is 11.3 Å². The molecule has 2 amide bonds. The van der Waals surface area contributed by atoms with Gasteiger partial charge in [-0.1, -0.05) is 0 Å². The second-order valence-corrected chi connectivity index (χ2v) is 3.78. The predicted octanol–water partition coefficient (Wildman–Crippen LogP) is -1.76. The van der Waals surface area contributed by atoms with E-state index in [1.54, 1.807) is 0 Å². The highest BCUT2D eigenvalue weighted by atomic mass is 16.6. The van der Waals surface area contributed by atoms with Crippen LogP contribution in [0.25, 0.3) is 0 Å². The van der Waals surface area contributed by atoms with Crippen LogP contribution in [0.4, 0.5) is 5.69 Å². The highest BCUT2D eigenvalue weighted by Gasteiger charge is 2.22. The number of primary amides is 1. The second-order valence-electron chi connectivity index (χ2n) is 3.78. The molecule has 0 aromatic carbocycles. The Labute approximate surface area is 111 Å². The van der Waals surface area contributed by atoms with E-state index in [1.165, 1.54) is 0 Å². The molecule has 11 heteroatoms. The van der Waals surface area contributed by atoms with E-state index in [0.29, 0.717) is 0 Å². The SMILES string of the molecule is NC(=O)CC(NC(=O)Cn1cc([N+](=O)[O-])cn1)C(=O)O. The zero-order valence-electron chi connectivity index (χ0n) is 10.1. The van der Waals surface area contributed by atoms with E-state index in [-0.39, 0.29) is 5.69 Å². The number of carboxylic acid groups (broad SMARTS) is 1. The molecule has 0 saturated carbocycles. The number of nitrogens with two attached hydrogens (primary N) is 1. The van der Waals surface area contributed by atoms with Gasteiger partial charge >= 0.3 is 11.7 Å². The van der Waals surface area contributed by atoms with Crippen molar-refractivity contribution in [1.82, 2.24) is 15.1 Å². The maximum atomic E-state index is 11.5. The molecular weight excluding hydrogens is 274 g/mol. The molecule has 4 N–H and O–H groups in total. The first-order valence-electron chi connectivity index (χ1n) is 5.27. The van der Waals surface area contributed by atoms with Gasteiger partial charge in [0.25, 0.3) is 0 Å². The van der Waals surface area contributed by atoms with Crippen molar-refractivity contribution in [3.8, 4) is 0 Å². The van der Waals surface area contributed by atoms with Crippen molar-refractivity contribution in [1.29, 1.82) is 0 Å². The highest BCUT2D eigenvalue weighted by Crippen LogP contribution is 2.07. The fourth-order valence-corrected chi connectivity index (χ4v) is 1.32. The number of nitrogens with zero attached hydrogens (tertiary/aromatic N) is 3. The summed E-state index contributed by atoms with van der Waals surface area (Å²) in [6, 6.07) is -1.45. The predicted molar refractivity (Wildman–Crippen MR) is 62.3 cm³/mol. The average Bonchev–Trinajstić information content (AvgIpc) is 2.75. The molecule has 0 aliphatic carbocycles. The molecule has 1 aromatic heterocycles. The van der Waals surface area contributed by atoms with Crippen LogP contribution >= 0.6 is 0 Å². The van der Waals surface area contributed by atoms with Gasteiger partial charge in [0.2, 0.25) is 11.8 Å². The Balaban J connectivity index is 2.62. The normalized spacial score (nSPS) is 11.6. The Morgan fingerprint density at radius 1 is 1.55 bits per heavy atom. The van der Waals surface area contributed by atoms with Crippen LogP contribution in [0.1, 0.15) is 6.42 Å². The molecule has 0 saturated heterocycles. The summed E-state index contributed by atoms with van der Waals surface area (Å²) in [5.41, 5.74) is 4.55. The number of nitrogens with one attached hydrogen (secondary N) is 1. The van der Waals surface area contributed by atoms with E-state index in [1.807, 2.05) is 0 Å². The number of carbonyl (C=O) groups excluding carboxylic acids is 2. The zero-order chi connectivity index (χ0) is 15.3. The lowest BCUT2D eigenvalue weighted by Gasteiger charge is -2.12. The fraction of sp³-hybridized carbons (Fsp3) is 0.333. The van der Waals surface area contributed by atoms with Crippen molar-refractivity contribution >= 4 is 23.5 Å². The summed E-state index contributed by atoms with van der Waals surface area (Å²) in [7, 11) is 0. The molecule has 1 aromatic rings. The smallest absolute Gasteiger partial charge is 0.326 e. The summed E-state index contributed by atoms with van der Waals surface area (Å²) in [6.45, 7) is -0.420. The maximum Gasteiger partial charge on any atom is 0.326 e. The summed E-state index contributed by atoms with van der Waals surface area (Å²) >= 11 is 0. The number of hydrogen-bond acceptors (Lipinski definition) is 6. The number of aromatic nitrogens is 2. The maximum absolute atomic E-state index is 11.5. The Hall–Kier alpha value is -2.98. The molecule has 0 bridgehead atoms. The number of rotatable bonds is 7. The van der Waals surface area contributed by atoms with E-state index in [2.05, 4.69) is 10.4 Å². The molecule has 0 spiro atoms. The molecule has 11 nitrogen and oxygen atoms in total. The van der Waals surface area contributed by atoms with Crippen molar-refractivity contribution in [2.75, 3.05) is 0 Å². The van der Waals surface area contributed by atoms with Gasteiger partial charge in [-0.25, -0.2) is 4.79 Å². The monoisotopic (exact) mass is 285 g/mol. The first kappa shape index (κ1) is 15.1. The van der Waals surface area contributed by atoms with Crippen LogP contribution in [0.2, 0.25) is 0 Å². The van der Waals surface area contributed by atoms with Crippen LogP contribution in [-0.4, -0.2) is 43.6 Å². The molecule has 1 atom stereocenters. The number of hydrogen-bond donors (Lipinski definition) is 3. The Morgan fingerprint density at radius 3 is 2.65 bits per heavy atom. The lowest BCUT2D eigenvalue weighted by Crippen LogP contribution is -2.44. The summed E-state index contributed by atoms with van der Waals surface area (Å²) in [5.74, 6) is -3.06. The van der Waals surface area contributed by atoms with Gasteiger partial charge in [0.1, 0.15) is 25.0 Å². The van der Waals surface area contributed by atoms with Crippen LogP contribution in [0.5, 0.6) is 0 Å². The molecule has 0 radical (unpaired) electrons. The summed E-state index contributed by atoms with van der Waals surface area (Å²) in [6.07, 6.45) is 1.41. The van der Waals surface area contributed by atoms with Crippen molar-refractivity contribution in [3.63, 3.8) is 0 Å². The van der Waals surface area contributed by atoms with Crippen molar-refractivity contribution in [2.45, 2.75) is 19.0 Å². The van der Waals surface area contributed by atoms with Crippen molar-refractivity contribution in [2.24, 2.45) is 5.73 Å². The topological polar surface area (TPSA) is 170 Å². The van der Waals surface area contributed by atoms with Gasteiger partial charge in [-0.05, 0) is 0 Å². The molecule has 0 aliphatic heterocycles. The molecular formula is C9H11N5O6. The van der Waals surface area contributed by atoms with Gasteiger partial charge in [-0.3, -0.25) is 24.4 Å². The van der Waals surface area contributed by atoms with E-state index >= 15 is 0 Å².